The van der Waals surface area contributed by atoms with E-state index in [0.717, 1.165) is 5.75 Å². The molecule has 1 aromatic carbocycles. The zero-order chi connectivity index (χ0) is 13.5. The lowest BCUT2D eigenvalue weighted by Gasteiger charge is -2.11. The first kappa shape index (κ1) is 14.5. The van der Waals surface area contributed by atoms with E-state index < -0.39 is 11.0 Å². The van der Waals surface area contributed by atoms with E-state index >= 15 is 0 Å². The third-order valence-corrected chi connectivity index (χ3v) is 2.96. The number of hydrogen-bond acceptors (Lipinski definition) is 5. The number of benzene rings is 1. The molecule has 0 unspecified atom stereocenters. The van der Waals surface area contributed by atoms with Gasteiger partial charge in [0.2, 0.25) is 5.91 Å². The van der Waals surface area contributed by atoms with E-state index in [1.165, 1.54) is 24.3 Å². The lowest BCUT2D eigenvalue weighted by Crippen LogP contribution is -2.36. The number of carbonyl (C=O) groups excluding carboxylic acids is 1. The van der Waals surface area contributed by atoms with Crippen LogP contribution in [0.1, 0.15) is 6.42 Å². The van der Waals surface area contributed by atoms with Gasteiger partial charge in [0.1, 0.15) is 0 Å². The zero-order valence-corrected chi connectivity index (χ0v) is 10.8. The number of rotatable bonds is 6. The Morgan fingerprint density at radius 2 is 2.11 bits per heavy atom. The van der Waals surface area contributed by atoms with Gasteiger partial charge >= 0.3 is 0 Å². The first-order valence-corrected chi connectivity index (χ1v) is 6.74. The maximum atomic E-state index is 11.7. The van der Waals surface area contributed by atoms with Crippen LogP contribution < -0.4 is 11.1 Å². The van der Waals surface area contributed by atoms with Crippen LogP contribution in [0, 0.1) is 10.1 Å². The normalized spacial score (nSPS) is 11.9. The summed E-state index contributed by atoms with van der Waals surface area (Å²) in [6, 6.07) is 5.08. The molecule has 0 bridgehead atoms. The van der Waals surface area contributed by atoms with E-state index in [4.69, 9.17) is 5.73 Å². The number of nitro groups is 1. The molecule has 1 rings (SSSR count). The average molecular weight is 269 g/mol. The third-order valence-electron chi connectivity index (χ3n) is 2.32. The van der Waals surface area contributed by atoms with E-state index in [-0.39, 0.29) is 11.6 Å². The summed E-state index contributed by atoms with van der Waals surface area (Å²) < 4.78 is 0. The van der Waals surface area contributed by atoms with Crippen molar-refractivity contribution in [1.82, 2.24) is 0 Å². The molecule has 0 radical (unpaired) electrons. The fraction of sp³-hybridized carbons (Fsp3) is 0.364. The minimum Gasteiger partial charge on any atom is -0.325 e. The molecule has 6 nitrogen and oxygen atoms in total. The van der Waals surface area contributed by atoms with Gasteiger partial charge in [-0.05, 0) is 30.6 Å². The van der Waals surface area contributed by atoms with E-state index in [2.05, 4.69) is 5.32 Å². The smallest absolute Gasteiger partial charge is 0.269 e. The molecule has 0 aliphatic carbocycles. The van der Waals surface area contributed by atoms with Gasteiger partial charge in [-0.1, -0.05) is 0 Å². The Morgan fingerprint density at radius 3 is 2.61 bits per heavy atom. The Kier molecular flexibility index (Phi) is 5.60. The second-order valence-corrected chi connectivity index (χ2v) is 4.67. The second kappa shape index (κ2) is 6.97. The van der Waals surface area contributed by atoms with Crippen LogP contribution in [0.15, 0.2) is 24.3 Å². The highest BCUT2D eigenvalue weighted by Crippen LogP contribution is 2.15. The van der Waals surface area contributed by atoms with Crippen molar-refractivity contribution in [2.24, 2.45) is 5.73 Å². The van der Waals surface area contributed by atoms with Crippen LogP contribution >= 0.6 is 11.8 Å². The van der Waals surface area contributed by atoms with Crippen molar-refractivity contribution in [3.8, 4) is 0 Å². The van der Waals surface area contributed by atoms with Crippen LogP contribution in [-0.2, 0) is 4.79 Å². The summed E-state index contributed by atoms with van der Waals surface area (Å²) in [5.74, 6) is 0.535. The molecule has 0 fully saturated rings. The summed E-state index contributed by atoms with van der Waals surface area (Å²) >= 11 is 1.62. The van der Waals surface area contributed by atoms with Gasteiger partial charge in [-0.25, -0.2) is 0 Å². The van der Waals surface area contributed by atoms with Crippen molar-refractivity contribution < 1.29 is 9.72 Å². The lowest BCUT2D eigenvalue weighted by atomic mass is 10.2. The summed E-state index contributed by atoms with van der Waals surface area (Å²) in [5.41, 5.74) is 6.19. The molecular weight excluding hydrogens is 254 g/mol. The van der Waals surface area contributed by atoms with Crippen LogP contribution in [0.5, 0.6) is 0 Å². The first-order chi connectivity index (χ1) is 8.54. The number of anilines is 1. The second-order valence-electron chi connectivity index (χ2n) is 3.68. The summed E-state index contributed by atoms with van der Waals surface area (Å²) in [7, 11) is 0. The molecule has 1 aromatic rings. The van der Waals surface area contributed by atoms with Crippen molar-refractivity contribution >= 4 is 29.0 Å². The highest BCUT2D eigenvalue weighted by molar-refractivity contribution is 7.98. The van der Waals surface area contributed by atoms with Gasteiger partial charge in [0, 0.05) is 17.8 Å². The number of carbonyl (C=O) groups is 1. The number of thioether (sulfide) groups is 1. The Hall–Kier alpha value is -1.60. The number of nitrogens with one attached hydrogen (secondary N) is 1. The summed E-state index contributed by atoms with van der Waals surface area (Å²) in [5, 5.41) is 13.1. The molecular formula is C11H15N3O3S. The molecule has 0 heterocycles. The van der Waals surface area contributed by atoms with Gasteiger partial charge in [-0.2, -0.15) is 11.8 Å². The Bertz CT molecular complexity index is 422. The number of nitrogens with zero attached hydrogens (tertiary/aromatic N) is 1. The monoisotopic (exact) mass is 269 g/mol. The molecule has 18 heavy (non-hydrogen) atoms. The van der Waals surface area contributed by atoms with Gasteiger partial charge in [0.25, 0.3) is 5.69 Å². The molecule has 1 amide bonds. The first-order valence-electron chi connectivity index (χ1n) is 5.34. The Balaban J connectivity index is 2.56. The summed E-state index contributed by atoms with van der Waals surface area (Å²) in [6.45, 7) is 0. The SMILES string of the molecule is CSCC[C@@H](N)C(=O)Nc1ccc([N+](=O)[O-])cc1. The van der Waals surface area contributed by atoms with Crippen molar-refractivity contribution in [2.45, 2.75) is 12.5 Å². The van der Waals surface area contributed by atoms with Crippen LogP contribution in [0.4, 0.5) is 11.4 Å². The fourth-order valence-electron chi connectivity index (χ4n) is 1.28. The van der Waals surface area contributed by atoms with Crippen molar-refractivity contribution in [3.05, 3.63) is 34.4 Å². The number of nitrogens with two attached hydrogens (primary N) is 1. The Morgan fingerprint density at radius 1 is 1.50 bits per heavy atom. The summed E-state index contributed by atoms with van der Waals surface area (Å²) in [4.78, 5) is 21.6. The van der Waals surface area contributed by atoms with E-state index in [1.54, 1.807) is 11.8 Å². The fourth-order valence-corrected chi connectivity index (χ4v) is 1.77. The minimum atomic E-state index is -0.562. The van der Waals surface area contributed by atoms with Crippen molar-refractivity contribution in [2.75, 3.05) is 17.3 Å². The average Bonchev–Trinajstić information content (AvgIpc) is 2.36. The highest BCUT2D eigenvalue weighted by atomic mass is 32.2. The molecule has 1 atom stereocenters. The Labute approximate surface area is 109 Å². The zero-order valence-electron chi connectivity index (χ0n) is 9.96. The molecule has 0 spiro atoms. The van der Waals surface area contributed by atoms with E-state index in [0.29, 0.717) is 12.1 Å². The lowest BCUT2D eigenvalue weighted by molar-refractivity contribution is -0.384. The molecule has 0 saturated heterocycles. The molecule has 3 N–H and O–H groups in total. The molecule has 0 aromatic heterocycles. The molecule has 0 aliphatic heterocycles. The number of hydrogen-bond donors (Lipinski definition) is 2. The van der Waals surface area contributed by atoms with Gasteiger partial charge < -0.3 is 11.1 Å². The topological polar surface area (TPSA) is 98.3 Å². The van der Waals surface area contributed by atoms with Gasteiger partial charge in [0.15, 0.2) is 0 Å². The summed E-state index contributed by atoms with van der Waals surface area (Å²) in [6.07, 6.45) is 2.54. The maximum absolute atomic E-state index is 11.7. The molecule has 0 aliphatic rings. The number of nitro benzene ring substituents is 1. The molecule has 98 valence electrons. The van der Waals surface area contributed by atoms with Crippen LogP contribution in [-0.4, -0.2) is 28.9 Å². The maximum Gasteiger partial charge on any atom is 0.269 e. The third kappa shape index (κ3) is 4.34. The van der Waals surface area contributed by atoms with Crippen molar-refractivity contribution in [1.29, 1.82) is 0 Å². The highest BCUT2D eigenvalue weighted by Gasteiger charge is 2.13. The predicted molar refractivity (Wildman–Crippen MR) is 72.7 cm³/mol. The van der Waals surface area contributed by atoms with Crippen LogP contribution in [0.25, 0.3) is 0 Å². The largest absolute Gasteiger partial charge is 0.325 e. The van der Waals surface area contributed by atoms with Crippen LogP contribution in [0.2, 0.25) is 0 Å². The quantitative estimate of drug-likeness (QED) is 0.604. The van der Waals surface area contributed by atoms with Crippen LogP contribution in [0.3, 0.4) is 0 Å². The van der Waals surface area contributed by atoms with E-state index in [9.17, 15) is 14.9 Å². The van der Waals surface area contributed by atoms with Crippen molar-refractivity contribution in [3.63, 3.8) is 0 Å². The predicted octanol–water partition coefficient (Wildman–Crippen LogP) is 1.61. The van der Waals surface area contributed by atoms with E-state index in [1.807, 2.05) is 6.26 Å². The van der Waals surface area contributed by atoms with Gasteiger partial charge in [0.05, 0.1) is 11.0 Å². The van der Waals surface area contributed by atoms with Gasteiger partial charge in [-0.3, -0.25) is 14.9 Å². The minimum absolute atomic E-state index is 0.0142. The number of non-ortho nitro benzene ring substituents is 1. The standard InChI is InChI=1S/C11H15N3O3S/c1-18-7-6-10(12)11(15)13-8-2-4-9(5-3-8)14(16)17/h2-5,10H,6-7,12H2,1H3,(H,13,15)/t10-/m1/s1. The van der Waals surface area contributed by atoms with Gasteiger partial charge in [-0.15, -0.1) is 0 Å². The number of amides is 1. The molecule has 7 heteroatoms. The molecule has 0 saturated carbocycles.